The van der Waals surface area contributed by atoms with Gasteiger partial charge in [0, 0.05) is 42.0 Å². The summed E-state index contributed by atoms with van der Waals surface area (Å²) in [6.45, 7) is 2.59. The van der Waals surface area contributed by atoms with Gasteiger partial charge in [-0.25, -0.2) is 9.59 Å². The van der Waals surface area contributed by atoms with E-state index < -0.39 is 112 Å². The lowest BCUT2D eigenvalue weighted by molar-refractivity contribution is -0.255. The van der Waals surface area contributed by atoms with E-state index in [1.165, 1.54) is 32.2 Å². The zero-order chi connectivity index (χ0) is 35.5. The second kappa shape index (κ2) is 12.4. The molecule has 7 N–H and O–H groups in total. The van der Waals surface area contributed by atoms with Gasteiger partial charge in [0.2, 0.25) is 5.78 Å². The van der Waals surface area contributed by atoms with Crippen LogP contribution in [0.4, 0.5) is 0 Å². The molecule has 49 heavy (non-hydrogen) atoms. The molecule has 1 aliphatic heterocycles. The third-order valence-corrected chi connectivity index (χ3v) is 9.04. The maximum absolute atomic E-state index is 13.8. The zero-order valence-electron chi connectivity index (χ0n) is 26.2. The summed E-state index contributed by atoms with van der Waals surface area (Å²) in [5.74, 6) is -4.85. The Morgan fingerprint density at radius 2 is 1.76 bits per heavy atom. The molecule has 0 bridgehead atoms. The van der Waals surface area contributed by atoms with Crippen molar-refractivity contribution in [2.45, 2.75) is 69.4 Å². The minimum atomic E-state index is -2.14. The van der Waals surface area contributed by atoms with Gasteiger partial charge in [0.25, 0.3) is 5.56 Å². The van der Waals surface area contributed by atoms with Crippen molar-refractivity contribution in [2.75, 3.05) is 7.11 Å². The summed E-state index contributed by atoms with van der Waals surface area (Å²) >= 11 is 0. The number of aliphatic hydroxyl groups is 2. The number of carbonyl (C=O) groups is 4. The highest BCUT2D eigenvalue weighted by Crippen LogP contribution is 2.52. The van der Waals surface area contributed by atoms with Gasteiger partial charge in [-0.1, -0.05) is 12.1 Å². The molecule has 17 nitrogen and oxygen atoms in total. The van der Waals surface area contributed by atoms with Gasteiger partial charge < -0.3 is 44.5 Å². The molecule has 1 fully saturated rings. The van der Waals surface area contributed by atoms with E-state index in [1.54, 1.807) is 0 Å². The van der Waals surface area contributed by atoms with E-state index in [9.17, 15) is 49.2 Å². The second-order valence-corrected chi connectivity index (χ2v) is 12.1. The smallest absolute Gasteiger partial charge is 0.373 e. The number of Topliss-reactive ketones (excluding diaryl/α,β-unsaturated/α-hetero) is 1. The number of hydrogen-bond acceptors (Lipinski definition) is 15. The fourth-order valence-corrected chi connectivity index (χ4v) is 6.50. The summed E-state index contributed by atoms with van der Waals surface area (Å²) < 4.78 is 17.3. The highest BCUT2D eigenvalue weighted by atomic mass is 16.7. The summed E-state index contributed by atoms with van der Waals surface area (Å²) in [5, 5.41) is 45.3. The highest BCUT2D eigenvalue weighted by molar-refractivity contribution is 6.31. The number of phenolic OH excluding ortho intramolecular Hbond substituents is 2. The van der Waals surface area contributed by atoms with Crippen molar-refractivity contribution >= 4 is 23.3 Å². The fourth-order valence-electron chi connectivity index (χ4n) is 6.50. The van der Waals surface area contributed by atoms with E-state index in [1.807, 2.05) is 4.98 Å². The molecule has 3 aliphatic rings. The van der Waals surface area contributed by atoms with E-state index >= 15 is 0 Å². The summed E-state index contributed by atoms with van der Waals surface area (Å²) in [6, 6.07) is 4.03. The maximum Gasteiger partial charge on any atom is 0.373 e. The average Bonchev–Trinajstić information content (AvgIpc) is 3.04. The van der Waals surface area contributed by atoms with Crippen LogP contribution >= 0.6 is 0 Å². The predicted octanol–water partition coefficient (Wildman–Crippen LogP) is -0.192. The normalized spacial score (nSPS) is 25.9. The third-order valence-electron chi connectivity index (χ3n) is 9.04. The molecule has 17 heteroatoms. The van der Waals surface area contributed by atoms with Crippen LogP contribution < -0.4 is 21.5 Å². The van der Waals surface area contributed by atoms with Crippen LogP contribution in [0.2, 0.25) is 0 Å². The Kier molecular flexibility index (Phi) is 8.49. The van der Waals surface area contributed by atoms with Crippen LogP contribution in [0.15, 0.2) is 33.9 Å². The molecule has 0 spiro atoms. The molecule has 0 saturated carbocycles. The van der Waals surface area contributed by atoms with Crippen molar-refractivity contribution in [3.8, 4) is 17.2 Å². The number of benzene rings is 2. The highest BCUT2D eigenvalue weighted by Gasteiger charge is 2.49. The summed E-state index contributed by atoms with van der Waals surface area (Å²) in [7, 11) is 1.30. The van der Waals surface area contributed by atoms with E-state index in [0.717, 1.165) is 13.0 Å². The first-order valence-electron chi connectivity index (χ1n) is 15.0. The first-order valence-corrected chi connectivity index (χ1v) is 15.0. The zero-order valence-corrected chi connectivity index (χ0v) is 26.2. The number of aromatic amines is 2. The molecule has 4 unspecified atom stereocenters. The van der Waals surface area contributed by atoms with Crippen molar-refractivity contribution in [3.05, 3.63) is 84.2 Å². The standard InChI is InChI=1S/C32H31N3O14/c1-11-25(38)15(35-49-30(43)16-7-19(37)34-31(44)33-16)8-20(47-11)48-18-10-32(45,12(2)36)9-14-22(18)29(42)24-23(27(14)40)26(39)13-5-4-6-17(46-3)21(13)28(24)41/h4-7,11,15,18,20,25,35,38,40,42,45H,8-10H2,1-3H3,(H2,33,34,37,44)/t11?,15?,18-,20?,25?,32-/m0/s1. The molecule has 1 aromatic heterocycles. The molecule has 6 rings (SSSR count). The van der Waals surface area contributed by atoms with Gasteiger partial charge in [-0.15, -0.1) is 5.48 Å². The summed E-state index contributed by atoms with van der Waals surface area (Å²) in [5.41, 5.74) is -3.64. The molecule has 6 atom stereocenters. The Balaban J connectivity index is 1.35. The number of aromatic nitrogens is 2. The lowest BCUT2D eigenvalue weighted by atomic mass is 9.72. The van der Waals surface area contributed by atoms with Crippen LogP contribution in [-0.4, -0.2) is 91.0 Å². The number of carbonyl (C=O) groups excluding carboxylic acids is 4. The number of hydroxylamine groups is 1. The summed E-state index contributed by atoms with van der Waals surface area (Å²) in [4.78, 5) is 84.8. The van der Waals surface area contributed by atoms with Crippen molar-refractivity contribution in [1.82, 2.24) is 15.4 Å². The molecule has 2 aromatic carbocycles. The molecule has 2 heterocycles. The fraction of sp³-hybridized carbons (Fsp3) is 0.375. The summed E-state index contributed by atoms with van der Waals surface area (Å²) in [6.07, 6.45) is -6.21. The van der Waals surface area contributed by atoms with Crippen molar-refractivity contribution in [2.24, 2.45) is 0 Å². The number of fused-ring (bicyclic) bond motifs is 3. The number of ketones is 3. The number of methoxy groups -OCH3 is 1. The topological polar surface area (TPSA) is 264 Å². The first kappa shape index (κ1) is 33.7. The van der Waals surface area contributed by atoms with Crippen molar-refractivity contribution in [3.63, 3.8) is 0 Å². The Morgan fingerprint density at radius 3 is 2.43 bits per heavy atom. The molecule has 258 valence electrons. The van der Waals surface area contributed by atoms with Crippen LogP contribution in [0, 0.1) is 0 Å². The van der Waals surface area contributed by atoms with Gasteiger partial charge >= 0.3 is 11.7 Å². The molecule has 0 radical (unpaired) electrons. The van der Waals surface area contributed by atoms with Crippen LogP contribution in [-0.2, 0) is 25.5 Å². The predicted molar refractivity (Wildman–Crippen MR) is 162 cm³/mol. The number of aromatic hydroxyl groups is 2. The molecular formula is C32H31N3O14. The van der Waals surface area contributed by atoms with Crippen LogP contribution in [0.1, 0.15) is 86.3 Å². The lowest BCUT2D eigenvalue weighted by Crippen LogP contribution is -2.54. The van der Waals surface area contributed by atoms with Gasteiger partial charge in [-0.2, -0.15) is 0 Å². The van der Waals surface area contributed by atoms with Gasteiger partial charge in [-0.3, -0.25) is 24.2 Å². The number of ether oxygens (including phenoxy) is 3. The number of rotatable bonds is 7. The Morgan fingerprint density at radius 1 is 1.04 bits per heavy atom. The lowest BCUT2D eigenvalue weighted by Gasteiger charge is -2.42. The maximum atomic E-state index is 13.8. The van der Waals surface area contributed by atoms with E-state index in [4.69, 9.17) is 19.0 Å². The number of hydrogen-bond donors (Lipinski definition) is 7. The minimum Gasteiger partial charge on any atom is -0.507 e. The number of nitrogens with one attached hydrogen (secondary N) is 3. The van der Waals surface area contributed by atoms with Gasteiger partial charge in [0.15, 0.2) is 17.9 Å². The monoisotopic (exact) mass is 681 g/mol. The Bertz CT molecular complexity index is 2010. The van der Waals surface area contributed by atoms with Crippen molar-refractivity contribution < 1.29 is 58.7 Å². The molecule has 1 saturated heterocycles. The van der Waals surface area contributed by atoms with E-state index in [2.05, 4.69) is 10.5 Å². The van der Waals surface area contributed by atoms with Crippen LogP contribution in [0.3, 0.4) is 0 Å². The van der Waals surface area contributed by atoms with Gasteiger partial charge in [-0.05, 0) is 19.9 Å². The van der Waals surface area contributed by atoms with E-state index in [0.29, 0.717) is 0 Å². The molecule has 0 amide bonds. The molecule has 3 aromatic rings. The molecule has 2 aliphatic carbocycles. The van der Waals surface area contributed by atoms with E-state index in [-0.39, 0.29) is 34.4 Å². The SMILES string of the molecule is COc1cccc2c1C(=O)c1c(O)c3c(c(O)c1C2=O)C[C@@](O)(C(C)=O)C[C@@H]3OC1CC(NOC(=O)c2cc(=O)[nH]c(=O)[nH]2)C(O)C(C)O1. The van der Waals surface area contributed by atoms with Gasteiger partial charge in [0.05, 0.1) is 48.2 Å². The van der Waals surface area contributed by atoms with Crippen molar-refractivity contribution in [1.29, 1.82) is 0 Å². The number of phenols is 2. The van der Waals surface area contributed by atoms with Crippen LogP contribution in [0.5, 0.6) is 17.2 Å². The van der Waals surface area contributed by atoms with Crippen LogP contribution in [0.25, 0.3) is 0 Å². The second-order valence-electron chi connectivity index (χ2n) is 12.1. The average molecular weight is 682 g/mol. The van der Waals surface area contributed by atoms with Gasteiger partial charge in [0.1, 0.15) is 28.5 Å². The Labute approximate surface area is 275 Å². The largest absolute Gasteiger partial charge is 0.507 e. The minimum absolute atomic E-state index is 0.0599. The number of H-pyrrole nitrogens is 2. The molecular weight excluding hydrogens is 650 g/mol. The third kappa shape index (κ3) is 5.70. The quantitative estimate of drug-likeness (QED) is 0.0984. The first-order chi connectivity index (χ1) is 23.1. The number of aliphatic hydroxyl groups excluding tert-OH is 1. The Hall–Kier alpha value is -5.20.